The molecule has 8 heteroatoms. The smallest absolute Gasteiger partial charge is 0.243 e. The summed E-state index contributed by atoms with van der Waals surface area (Å²) in [4.78, 5) is 56.2. The van der Waals surface area contributed by atoms with Gasteiger partial charge in [-0.1, -0.05) is 79.2 Å². The fraction of sp³-hybridized carbons (Fsp3) is 0.419. The van der Waals surface area contributed by atoms with Gasteiger partial charge in [0.1, 0.15) is 6.04 Å². The number of carbonyl (C=O) groups is 4. The lowest BCUT2D eigenvalue weighted by atomic mass is 9.85. The maximum atomic E-state index is 13.9. The summed E-state index contributed by atoms with van der Waals surface area (Å²) >= 11 is 6.47. The van der Waals surface area contributed by atoms with Crippen molar-refractivity contribution in [3.63, 3.8) is 0 Å². The van der Waals surface area contributed by atoms with Crippen molar-refractivity contribution in [2.75, 3.05) is 6.54 Å². The van der Waals surface area contributed by atoms with Gasteiger partial charge < -0.3 is 10.2 Å². The number of rotatable bonds is 11. The molecular formula is C31H36ClN3O4. The van der Waals surface area contributed by atoms with Gasteiger partial charge in [0.15, 0.2) is 0 Å². The second kappa shape index (κ2) is 13.1. The molecule has 206 valence electrons. The lowest BCUT2D eigenvalue weighted by Gasteiger charge is -2.33. The van der Waals surface area contributed by atoms with Crippen LogP contribution in [0.3, 0.4) is 0 Å². The molecule has 4 amide bonds. The summed E-state index contributed by atoms with van der Waals surface area (Å²) in [6, 6.07) is 15.9. The van der Waals surface area contributed by atoms with Crippen molar-refractivity contribution in [3.05, 3.63) is 82.9 Å². The third-order valence-corrected chi connectivity index (χ3v) is 8.09. The van der Waals surface area contributed by atoms with E-state index in [1.54, 1.807) is 11.0 Å². The lowest BCUT2D eigenvalue weighted by Crippen LogP contribution is -2.52. The van der Waals surface area contributed by atoms with Crippen molar-refractivity contribution in [1.82, 2.24) is 15.1 Å². The Morgan fingerprint density at radius 3 is 2.23 bits per heavy atom. The van der Waals surface area contributed by atoms with Crippen LogP contribution < -0.4 is 5.32 Å². The minimum absolute atomic E-state index is 0.00639. The Labute approximate surface area is 235 Å². The van der Waals surface area contributed by atoms with E-state index in [0.717, 1.165) is 12.0 Å². The Hall–Kier alpha value is -3.45. The highest BCUT2D eigenvalue weighted by Gasteiger charge is 2.47. The monoisotopic (exact) mass is 549 g/mol. The zero-order valence-corrected chi connectivity index (χ0v) is 23.3. The maximum Gasteiger partial charge on any atom is 0.243 e. The van der Waals surface area contributed by atoms with Gasteiger partial charge in [-0.15, -0.1) is 0 Å². The number of carbonyl (C=O) groups excluding carboxylic acids is 4. The average molecular weight is 550 g/mol. The van der Waals surface area contributed by atoms with Gasteiger partial charge >= 0.3 is 0 Å². The van der Waals surface area contributed by atoms with Crippen LogP contribution in [0.5, 0.6) is 0 Å². The molecule has 1 aliphatic heterocycles. The van der Waals surface area contributed by atoms with E-state index in [4.69, 9.17) is 11.6 Å². The number of halogens is 1. The predicted octanol–water partition coefficient (Wildman–Crippen LogP) is 4.54. The van der Waals surface area contributed by atoms with Crippen LogP contribution in [0.2, 0.25) is 5.02 Å². The predicted molar refractivity (Wildman–Crippen MR) is 151 cm³/mol. The molecule has 1 aliphatic carbocycles. The highest BCUT2D eigenvalue weighted by atomic mass is 35.5. The Balaban J connectivity index is 1.60. The minimum Gasteiger partial charge on any atom is -0.352 e. The summed E-state index contributed by atoms with van der Waals surface area (Å²) < 4.78 is 0. The van der Waals surface area contributed by atoms with Crippen LogP contribution >= 0.6 is 11.6 Å². The van der Waals surface area contributed by atoms with E-state index in [9.17, 15) is 19.2 Å². The van der Waals surface area contributed by atoms with E-state index in [2.05, 4.69) is 5.32 Å². The van der Waals surface area contributed by atoms with Crippen molar-refractivity contribution in [2.24, 2.45) is 11.8 Å². The lowest BCUT2D eigenvalue weighted by molar-refractivity contribution is -0.144. The van der Waals surface area contributed by atoms with Gasteiger partial charge in [0, 0.05) is 37.0 Å². The summed E-state index contributed by atoms with van der Waals surface area (Å²) in [5.74, 6) is -1.68. The second-order valence-corrected chi connectivity index (χ2v) is 10.8. The molecule has 2 unspecified atom stereocenters. The standard InChI is InChI=1S/C31H36ClN3O4/c1-3-21(2)33-29(37)27(19-22-11-5-4-6-12-22)35(20-23-13-7-10-16-26(23)32)28(36)17-18-34-30(38)24-14-8-9-15-25(24)31(34)39/h4-13,16,21,24-25,27H,3,14-15,17-20H2,1-2H3,(H,33,37)/t21?,24-,25+,27?. The summed E-state index contributed by atoms with van der Waals surface area (Å²) in [6.07, 6.45) is 5.97. The Kier molecular flexibility index (Phi) is 9.57. The van der Waals surface area contributed by atoms with E-state index < -0.39 is 6.04 Å². The molecule has 1 fully saturated rings. The van der Waals surface area contributed by atoms with E-state index in [-0.39, 0.29) is 61.0 Å². The molecule has 0 aromatic heterocycles. The van der Waals surface area contributed by atoms with Crippen LogP contribution in [0, 0.1) is 11.8 Å². The highest BCUT2D eigenvalue weighted by molar-refractivity contribution is 6.31. The van der Waals surface area contributed by atoms with Crippen LogP contribution in [0.1, 0.15) is 50.7 Å². The SMILES string of the molecule is CCC(C)NC(=O)C(Cc1ccccc1)N(Cc1ccccc1Cl)C(=O)CCN1C(=O)[C@H]2CC=CC[C@H]2C1=O. The summed E-state index contributed by atoms with van der Waals surface area (Å²) in [6.45, 7) is 4.03. The van der Waals surface area contributed by atoms with Gasteiger partial charge in [-0.05, 0) is 43.4 Å². The van der Waals surface area contributed by atoms with E-state index in [1.165, 1.54) is 4.90 Å². The topological polar surface area (TPSA) is 86.8 Å². The molecule has 1 heterocycles. The van der Waals surface area contributed by atoms with E-state index in [0.29, 0.717) is 29.8 Å². The van der Waals surface area contributed by atoms with Gasteiger partial charge in [0.25, 0.3) is 0 Å². The summed E-state index contributed by atoms with van der Waals surface area (Å²) in [7, 11) is 0. The van der Waals surface area contributed by atoms with Crippen LogP contribution in [0.25, 0.3) is 0 Å². The first-order valence-corrected chi connectivity index (χ1v) is 14.0. The molecule has 0 spiro atoms. The summed E-state index contributed by atoms with van der Waals surface area (Å²) in [5, 5.41) is 3.54. The first-order valence-electron chi connectivity index (χ1n) is 13.7. The Bertz CT molecular complexity index is 1210. The molecule has 0 radical (unpaired) electrons. The molecule has 2 aromatic carbocycles. The quantitative estimate of drug-likeness (QED) is 0.329. The Morgan fingerprint density at radius 2 is 1.62 bits per heavy atom. The minimum atomic E-state index is -0.804. The fourth-order valence-corrected chi connectivity index (χ4v) is 5.44. The molecule has 4 rings (SSSR count). The third kappa shape index (κ3) is 6.77. The van der Waals surface area contributed by atoms with Crippen molar-refractivity contribution >= 4 is 35.2 Å². The fourth-order valence-electron chi connectivity index (χ4n) is 5.25. The van der Waals surface area contributed by atoms with Crippen LogP contribution in [0.4, 0.5) is 0 Å². The average Bonchev–Trinajstić information content (AvgIpc) is 3.19. The van der Waals surface area contributed by atoms with Crippen LogP contribution in [-0.4, -0.2) is 52.1 Å². The first-order chi connectivity index (χ1) is 18.8. The molecule has 2 aliphatic rings. The number of fused-ring (bicyclic) bond motifs is 1. The van der Waals surface area contributed by atoms with E-state index in [1.807, 2.05) is 74.5 Å². The second-order valence-electron chi connectivity index (χ2n) is 10.4. The number of nitrogens with zero attached hydrogens (tertiary/aromatic N) is 2. The van der Waals surface area contributed by atoms with Crippen molar-refractivity contribution in [3.8, 4) is 0 Å². The van der Waals surface area contributed by atoms with Crippen LogP contribution in [-0.2, 0) is 32.1 Å². The molecule has 1 saturated heterocycles. The summed E-state index contributed by atoms with van der Waals surface area (Å²) in [5.41, 5.74) is 1.63. The number of benzene rings is 2. The zero-order chi connectivity index (χ0) is 27.9. The molecule has 39 heavy (non-hydrogen) atoms. The number of hydrogen-bond donors (Lipinski definition) is 1. The largest absolute Gasteiger partial charge is 0.352 e. The Morgan fingerprint density at radius 1 is 1.00 bits per heavy atom. The normalized spacial score (nSPS) is 19.9. The van der Waals surface area contributed by atoms with Crippen molar-refractivity contribution in [1.29, 1.82) is 0 Å². The molecule has 2 aromatic rings. The molecule has 0 bridgehead atoms. The van der Waals surface area contributed by atoms with Gasteiger partial charge in [-0.25, -0.2) is 0 Å². The van der Waals surface area contributed by atoms with Crippen molar-refractivity contribution < 1.29 is 19.2 Å². The number of imide groups is 1. The number of nitrogens with one attached hydrogen (secondary N) is 1. The molecule has 4 atom stereocenters. The molecule has 0 saturated carbocycles. The maximum absolute atomic E-state index is 13.9. The number of hydrogen-bond acceptors (Lipinski definition) is 4. The van der Waals surface area contributed by atoms with Gasteiger partial charge in [-0.3, -0.25) is 24.1 Å². The molecule has 1 N–H and O–H groups in total. The number of allylic oxidation sites excluding steroid dienone is 2. The van der Waals surface area contributed by atoms with Gasteiger partial charge in [0.05, 0.1) is 11.8 Å². The molecular weight excluding hydrogens is 514 g/mol. The first kappa shape index (κ1) is 28.6. The number of amides is 4. The van der Waals surface area contributed by atoms with Gasteiger partial charge in [-0.2, -0.15) is 0 Å². The van der Waals surface area contributed by atoms with E-state index >= 15 is 0 Å². The van der Waals surface area contributed by atoms with Crippen LogP contribution in [0.15, 0.2) is 66.7 Å². The highest BCUT2D eigenvalue weighted by Crippen LogP contribution is 2.35. The third-order valence-electron chi connectivity index (χ3n) is 7.72. The zero-order valence-electron chi connectivity index (χ0n) is 22.5. The number of likely N-dealkylation sites (tertiary alicyclic amines) is 1. The molecule has 7 nitrogen and oxygen atoms in total. The van der Waals surface area contributed by atoms with Crippen molar-refractivity contribution in [2.45, 2.75) is 64.6 Å². The van der Waals surface area contributed by atoms with Gasteiger partial charge in [0.2, 0.25) is 23.6 Å².